The molecule has 36 heavy (non-hydrogen) atoms. The van der Waals surface area contributed by atoms with Gasteiger partial charge in [-0.3, -0.25) is 0 Å². The van der Waals surface area contributed by atoms with Gasteiger partial charge in [-0.1, -0.05) is 0 Å². The Morgan fingerprint density at radius 1 is 0.639 bits per heavy atom. The first kappa shape index (κ1) is 23.5. The van der Waals surface area contributed by atoms with Crippen molar-refractivity contribution < 1.29 is 21.0 Å². The van der Waals surface area contributed by atoms with Crippen LogP contribution in [0.2, 0.25) is 3.67 Å². The SMILES string of the molecule is Cc1ccc2c(c1)[CH]([Hf](=[C](c1ccccc1)c1cccc(C)c1C)[CH]1C=CC=C1)c1cc(C)ccc1-2. The van der Waals surface area contributed by atoms with Gasteiger partial charge in [-0.05, 0) is 0 Å². The van der Waals surface area contributed by atoms with E-state index in [-0.39, 0.29) is 0 Å². The average molecular weight is 631 g/mol. The summed E-state index contributed by atoms with van der Waals surface area (Å²) in [6, 6.07) is 32.5. The zero-order valence-corrected chi connectivity index (χ0v) is 25.1. The number of hydrogen-bond acceptors (Lipinski definition) is 0. The molecule has 176 valence electrons. The zero-order chi connectivity index (χ0) is 24.8. The van der Waals surface area contributed by atoms with Crippen LogP contribution in [0.3, 0.4) is 0 Å². The van der Waals surface area contributed by atoms with Gasteiger partial charge >= 0.3 is 224 Å². The van der Waals surface area contributed by atoms with E-state index in [0.717, 1.165) is 0 Å². The molecule has 6 rings (SSSR count). The molecule has 0 amide bonds. The summed E-state index contributed by atoms with van der Waals surface area (Å²) >= 11 is -2.79. The maximum absolute atomic E-state index is 2.79. The molecule has 0 saturated heterocycles. The summed E-state index contributed by atoms with van der Waals surface area (Å²) < 4.78 is 2.69. The molecule has 0 aromatic heterocycles. The molecule has 0 aliphatic heterocycles. The van der Waals surface area contributed by atoms with Gasteiger partial charge in [0, 0.05) is 0 Å². The molecule has 0 atom stereocenters. The number of benzene rings is 4. The predicted molar refractivity (Wildman–Crippen MR) is 151 cm³/mol. The molecule has 0 saturated carbocycles. The number of hydrogen-bond donors (Lipinski definition) is 0. The summed E-state index contributed by atoms with van der Waals surface area (Å²) in [6.07, 6.45) is 9.56. The summed E-state index contributed by atoms with van der Waals surface area (Å²) in [5.41, 5.74) is 14.4. The minimum atomic E-state index is -2.79. The van der Waals surface area contributed by atoms with Crippen molar-refractivity contribution in [2.24, 2.45) is 0 Å². The van der Waals surface area contributed by atoms with Crippen LogP contribution in [0.25, 0.3) is 11.1 Å². The fraction of sp³-hybridized carbons (Fsp3) is 0.171. The summed E-state index contributed by atoms with van der Waals surface area (Å²) in [5.74, 6) is 0. The Bertz CT molecular complexity index is 1500. The van der Waals surface area contributed by atoms with Crippen molar-refractivity contribution in [1.29, 1.82) is 0 Å². The van der Waals surface area contributed by atoms with Crippen LogP contribution in [0.15, 0.2) is 109 Å². The van der Waals surface area contributed by atoms with Gasteiger partial charge in [-0.15, -0.1) is 0 Å². The molecule has 0 bridgehead atoms. The molecule has 2 aliphatic rings. The maximum atomic E-state index is 2.50. The van der Waals surface area contributed by atoms with Gasteiger partial charge in [-0.2, -0.15) is 0 Å². The molecular formula is C35H32Hf. The zero-order valence-electron chi connectivity index (χ0n) is 21.5. The molecule has 0 unspecified atom stereocenters. The summed E-state index contributed by atoms with van der Waals surface area (Å²) in [7, 11) is 0. The van der Waals surface area contributed by atoms with Gasteiger partial charge in [0.05, 0.1) is 0 Å². The average Bonchev–Trinajstić information content (AvgIpc) is 3.51. The van der Waals surface area contributed by atoms with Gasteiger partial charge in [0.15, 0.2) is 0 Å². The second kappa shape index (κ2) is 9.52. The fourth-order valence-electron chi connectivity index (χ4n) is 6.08. The quantitative estimate of drug-likeness (QED) is 0.198. The fourth-order valence-corrected chi connectivity index (χ4v) is 20.0. The minimum absolute atomic E-state index is 0.493. The second-order valence-electron chi connectivity index (χ2n) is 10.4. The standard InChI is InChI=1S/C15H13.C15H14.C5H5.Hf/c1-10-3-5-14-12(7-10)9-13-8-11(2)4-6-15(13)14;1-12-7-6-10-15(13(12)2)11-14-8-4-3-5-9-14;1-2-4-5-3-1;/h3-9H,1-2H3;3-10H,1-2H3;1-5H;. The molecule has 4 aromatic rings. The van der Waals surface area contributed by atoms with Crippen molar-refractivity contribution in [3.05, 3.63) is 154 Å². The third-order valence-electron chi connectivity index (χ3n) is 7.97. The second-order valence-corrected chi connectivity index (χ2v) is 19.9. The number of rotatable bonds is 4. The Hall–Kier alpha value is -2.90. The summed E-state index contributed by atoms with van der Waals surface area (Å²) in [5, 5.41) is 0. The van der Waals surface area contributed by atoms with Crippen molar-refractivity contribution in [3.8, 4) is 11.1 Å². The summed E-state index contributed by atoms with van der Waals surface area (Å²) in [4.78, 5) is 0. The first-order chi connectivity index (χ1) is 17.5. The van der Waals surface area contributed by atoms with E-state index >= 15 is 0 Å². The molecule has 1 heteroatoms. The Kier molecular flexibility index (Phi) is 6.22. The third kappa shape index (κ3) is 3.98. The van der Waals surface area contributed by atoms with Crippen molar-refractivity contribution in [2.75, 3.05) is 0 Å². The number of aryl methyl sites for hydroxylation is 3. The van der Waals surface area contributed by atoms with Crippen LogP contribution >= 0.6 is 0 Å². The molecule has 0 radical (unpaired) electrons. The van der Waals surface area contributed by atoms with Crippen molar-refractivity contribution in [1.82, 2.24) is 0 Å². The summed E-state index contributed by atoms with van der Waals surface area (Å²) in [6.45, 7) is 9.08. The molecule has 2 aliphatic carbocycles. The topological polar surface area (TPSA) is 0 Å². The Morgan fingerprint density at radius 2 is 1.25 bits per heavy atom. The van der Waals surface area contributed by atoms with Crippen LogP contribution in [-0.4, -0.2) is 3.26 Å². The van der Waals surface area contributed by atoms with Crippen LogP contribution in [0.1, 0.15) is 48.2 Å². The van der Waals surface area contributed by atoms with E-state index in [1.165, 1.54) is 44.5 Å². The van der Waals surface area contributed by atoms with E-state index in [1.807, 2.05) is 0 Å². The monoisotopic (exact) mass is 632 g/mol. The Balaban J connectivity index is 1.76. The van der Waals surface area contributed by atoms with E-state index in [1.54, 1.807) is 14.4 Å². The molecular weight excluding hydrogens is 599 g/mol. The van der Waals surface area contributed by atoms with Crippen molar-refractivity contribution >= 4 is 3.26 Å². The Morgan fingerprint density at radius 3 is 1.86 bits per heavy atom. The predicted octanol–water partition coefficient (Wildman–Crippen LogP) is 8.79. The first-order valence-corrected chi connectivity index (χ1v) is 18.9. The van der Waals surface area contributed by atoms with Gasteiger partial charge in [0.2, 0.25) is 0 Å². The van der Waals surface area contributed by atoms with Crippen molar-refractivity contribution in [2.45, 2.75) is 35.0 Å². The van der Waals surface area contributed by atoms with Crippen LogP contribution in [0.4, 0.5) is 0 Å². The molecule has 0 fully saturated rings. The Labute approximate surface area is 223 Å². The van der Waals surface area contributed by atoms with E-state index in [0.29, 0.717) is 7.35 Å². The molecule has 4 aromatic carbocycles. The van der Waals surface area contributed by atoms with E-state index < -0.39 is 21.0 Å². The van der Waals surface area contributed by atoms with Gasteiger partial charge in [0.1, 0.15) is 0 Å². The van der Waals surface area contributed by atoms with Crippen molar-refractivity contribution in [3.63, 3.8) is 0 Å². The first-order valence-electron chi connectivity index (χ1n) is 13.0. The van der Waals surface area contributed by atoms with Crippen LogP contribution in [-0.2, 0) is 21.0 Å². The number of allylic oxidation sites excluding steroid dienone is 4. The van der Waals surface area contributed by atoms with Crippen LogP contribution in [0.5, 0.6) is 0 Å². The van der Waals surface area contributed by atoms with Gasteiger partial charge in [0.25, 0.3) is 0 Å². The van der Waals surface area contributed by atoms with Gasteiger partial charge in [-0.25, -0.2) is 0 Å². The third-order valence-corrected chi connectivity index (χ3v) is 20.5. The van der Waals surface area contributed by atoms with Gasteiger partial charge < -0.3 is 0 Å². The van der Waals surface area contributed by atoms with Crippen LogP contribution < -0.4 is 0 Å². The van der Waals surface area contributed by atoms with E-state index in [2.05, 4.69) is 137 Å². The molecule has 0 N–H and O–H groups in total. The molecule has 0 spiro atoms. The normalized spacial score (nSPS) is 15.2. The number of fused-ring (bicyclic) bond motifs is 3. The molecule has 0 heterocycles. The van der Waals surface area contributed by atoms with Crippen LogP contribution in [0, 0.1) is 27.7 Å². The molecule has 0 nitrogen and oxygen atoms in total. The van der Waals surface area contributed by atoms with E-state index in [9.17, 15) is 0 Å². The van der Waals surface area contributed by atoms with E-state index in [4.69, 9.17) is 0 Å².